The molecule has 2 aliphatic rings. The fourth-order valence-electron chi connectivity index (χ4n) is 4.10. The smallest absolute Gasteiger partial charge is 0.169 e. The number of aryl methyl sites for hydroxylation is 2. The van der Waals surface area contributed by atoms with Crippen LogP contribution in [-0.2, 0) is 6.54 Å². The maximum absolute atomic E-state index is 14.1. The molecular formula is C27H21F2N3. The van der Waals surface area contributed by atoms with Crippen molar-refractivity contribution in [2.75, 3.05) is 0 Å². The van der Waals surface area contributed by atoms with E-state index in [2.05, 4.69) is 66.3 Å². The lowest BCUT2D eigenvalue weighted by Crippen LogP contribution is -2.01. The van der Waals surface area contributed by atoms with Gasteiger partial charge in [-0.1, -0.05) is 48.5 Å². The van der Waals surface area contributed by atoms with E-state index >= 15 is 0 Å². The van der Waals surface area contributed by atoms with Gasteiger partial charge < -0.3 is 4.57 Å². The summed E-state index contributed by atoms with van der Waals surface area (Å²) in [5.74, 6) is -1.65. The summed E-state index contributed by atoms with van der Waals surface area (Å²) in [4.78, 5) is 8.79. The zero-order valence-corrected chi connectivity index (χ0v) is 17.8. The summed E-state index contributed by atoms with van der Waals surface area (Å²) in [5, 5.41) is 0. The second-order valence-corrected chi connectivity index (χ2v) is 8.00. The highest BCUT2D eigenvalue weighted by Crippen LogP contribution is 2.29. The van der Waals surface area contributed by atoms with Gasteiger partial charge in [0.1, 0.15) is 5.69 Å². The molecule has 3 nitrogen and oxygen atoms in total. The van der Waals surface area contributed by atoms with Crippen LogP contribution in [0.1, 0.15) is 16.7 Å². The lowest BCUT2D eigenvalue weighted by atomic mass is 9.95. The molecule has 2 aliphatic heterocycles. The summed E-state index contributed by atoms with van der Waals surface area (Å²) in [6, 6.07) is 20.8. The number of pyridine rings is 1. The first-order valence-corrected chi connectivity index (χ1v) is 10.4. The molecule has 0 saturated heterocycles. The minimum Gasteiger partial charge on any atom is -0.348 e. The molecule has 3 aromatic rings. The van der Waals surface area contributed by atoms with Crippen molar-refractivity contribution in [1.29, 1.82) is 0 Å². The lowest BCUT2D eigenvalue weighted by Gasteiger charge is -2.12. The molecule has 0 fully saturated rings. The Morgan fingerprint density at radius 3 is 2.22 bits per heavy atom. The quantitative estimate of drug-likeness (QED) is 0.322. The molecule has 158 valence electrons. The fraction of sp³-hybridized carbons (Fsp3) is 0.111. The molecular weight excluding hydrogens is 404 g/mol. The molecule has 0 spiro atoms. The Balaban J connectivity index is 1.41. The van der Waals surface area contributed by atoms with E-state index in [1.807, 2.05) is 23.0 Å². The molecule has 0 atom stereocenters. The SMILES string of the molecule is Cc1cccc(C)c1-c1ccc(Cn2ccc3nc(-c4cccc(F)c4F)nc-3c2)cc1. The Morgan fingerprint density at radius 2 is 1.47 bits per heavy atom. The van der Waals surface area contributed by atoms with Gasteiger partial charge in [0, 0.05) is 18.9 Å². The minimum atomic E-state index is -0.931. The van der Waals surface area contributed by atoms with Crippen molar-refractivity contribution >= 4 is 0 Å². The molecule has 0 bridgehead atoms. The number of hydrogen-bond donors (Lipinski definition) is 0. The number of imidazole rings is 1. The van der Waals surface area contributed by atoms with E-state index in [4.69, 9.17) is 0 Å². The Hall–Kier alpha value is -3.86. The lowest BCUT2D eigenvalue weighted by molar-refractivity contribution is 0.510. The van der Waals surface area contributed by atoms with E-state index in [0.717, 1.165) is 11.6 Å². The Bertz CT molecular complexity index is 1370. The largest absolute Gasteiger partial charge is 0.348 e. The predicted molar refractivity (Wildman–Crippen MR) is 122 cm³/mol. The maximum atomic E-state index is 14.1. The highest BCUT2D eigenvalue weighted by molar-refractivity contribution is 5.71. The number of fused-ring (bicyclic) bond motifs is 1. The molecule has 32 heavy (non-hydrogen) atoms. The summed E-state index contributed by atoms with van der Waals surface area (Å²) < 4.78 is 29.7. The van der Waals surface area contributed by atoms with Gasteiger partial charge in [-0.2, -0.15) is 0 Å². The van der Waals surface area contributed by atoms with Crippen LogP contribution in [0.3, 0.4) is 0 Å². The molecule has 0 radical (unpaired) electrons. The fourth-order valence-corrected chi connectivity index (χ4v) is 4.10. The van der Waals surface area contributed by atoms with E-state index < -0.39 is 11.6 Å². The molecule has 0 amide bonds. The van der Waals surface area contributed by atoms with Gasteiger partial charge in [-0.25, -0.2) is 18.7 Å². The summed E-state index contributed by atoms with van der Waals surface area (Å²) in [6.45, 7) is 4.93. The number of nitrogens with zero attached hydrogens (tertiary/aromatic N) is 3. The van der Waals surface area contributed by atoms with Crippen LogP contribution in [0, 0.1) is 25.5 Å². The van der Waals surface area contributed by atoms with Crippen molar-refractivity contribution < 1.29 is 8.78 Å². The summed E-state index contributed by atoms with van der Waals surface area (Å²) in [7, 11) is 0. The van der Waals surface area contributed by atoms with Gasteiger partial charge in [-0.15, -0.1) is 0 Å². The van der Waals surface area contributed by atoms with Gasteiger partial charge in [0.15, 0.2) is 17.5 Å². The number of halogens is 2. The van der Waals surface area contributed by atoms with Crippen LogP contribution >= 0.6 is 0 Å². The van der Waals surface area contributed by atoms with Crippen LogP contribution in [0.15, 0.2) is 79.1 Å². The Morgan fingerprint density at radius 1 is 0.781 bits per heavy atom. The average Bonchev–Trinajstić information content (AvgIpc) is 3.20. The van der Waals surface area contributed by atoms with Crippen LogP contribution in [0.4, 0.5) is 8.78 Å². The normalized spacial score (nSPS) is 11.2. The van der Waals surface area contributed by atoms with E-state index in [1.165, 1.54) is 34.4 Å². The molecule has 0 aromatic heterocycles. The average molecular weight is 425 g/mol. The first kappa shape index (κ1) is 20.1. The Kier molecular flexibility index (Phi) is 5.02. The molecule has 5 heteroatoms. The first-order valence-electron chi connectivity index (χ1n) is 10.4. The van der Waals surface area contributed by atoms with Crippen molar-refractivity contribution in [3.8, 4) is 33.9 Å². The molecule has 0 unspecified atom stereocenters. The highest BCUT2D eigenvalue weighted by Gasteiger charge is 2.17. The Labute approximate surface area is 185 Å². The van der Waals surface area contributed by atoms with Gasteiger partial charge in [0.25, 0.3) is 0 Å². The standard InChI is InChI=1S/C27H21F2N3/c1-17-5-3-6-18(2)25(17)20-11-9-19(10-12-20)15-32-14-13-23-24(16-32)31-27(30-23)21-7-4-8-22(28)26(21)29/h3-14,16H,15H2,1-2H3. The third kappa shape index (κ3) is 3.66. The van der Waals surface area contributed by atoms with Crippen LogP contribution in [0.2, 0.25) is 0 Å². The molecule has 5 rings (SSSR count). The minimum absolute atomic E-state index is 0.0647. The number of benzene rings is 3. The number of aromatic nitrogens is 3. The van der Waals surface area contributed by atoms with Gasteiger partial charge in [0.05, 0.1) is 11.3 Å². The zero-order valence-electron chi connectivity index (χ0n) is 17.8. The molecule has 2 heterocycles. The summed E-state index contributed by atoms with van der Waals surface area (Å²) in [6.07, 6.45) is 3.80. The summed E-state index contributed by atoms with van der Waals surface area (Å²) in [5.41, 5.74) is 7.50. The molecule has 3 aromatic carbocycles. The van der Waals surface area contributed by atoms with Gasteiger partial charge in [0.2, 0.25) is 0 Å². The highest BCUT2D eigenvalue weighted by atomic mass is 19.2. The molecule has 0 aliphatic carbocycles. The predicted octanol–water partition coefficient (Wildman–Crippen LogP) is 6.66. The van der Waals surface area contributed by atoms with Crippen molar-refractivity contribution in [1.82, 2.24) is 14.5 Å². The third-order valence-electron chi connectivity index (χ3n) is 5.71. The summed E-state index contributed by atoms with van der Waals surface area (Å²) >= 11 is 0. The van der Waals surface area contributed by atoms with Gasteiger partial charge in [-0.3, -0.25) is 0 Å². The third-order valence-corrected chi connectivity index (χ3v) is 5.71. The van der Waals surface area contributed by atoms with E-state index in [-0.39, 0.29) is 11.4 Å². The van der Waals surface area contributed by atoms with Crippen LogP contribution in [0.5, 0.6) is 0 Å². The monoisotopic (exact) mass is 425 g/mol. The van der Waals surface area contributed by atoms with E-state index in [9.17, 15) is 8.78 Å². The van der Waals surface area contributed by atoms with E-state index in [1.54, 1.807) is 0 Å². The van der Waals surface area contributed by atoms with Crippen molar-refractivity contribution in [3.63, 3.8) is 0 Å². The van der Waals surface area contributed by atoms with Gasteiger partial charge in [-0.05, 0) is 59.9 Å². The molecule has 0 N–H and O–H groups in total. The van der Waals surface area contributed by atoms with Crippen LogP contribution in [-0.4, -0.2) is 14.5 Å². The zero-order chi connectivity index (χ0) is 22.2. The topological polar surface area (TPSA) is 30.7 Å². The van der Waals surface area contributed by atoms with Crippen molar-refractivity contribution in [2.24, 2.45) is 0 Å². The first-order chi connectivity index (χ1) is 15.5. The number of hydrogen-bond acceptors (Lipinski definition) is 2. The second kappa shape index (κ2) is 8.00. The van der Waals surface area contributed by atoms with Crippen LogP contribution < -0.4 is 0 Å². The van der Waals surface area contributed by atoms with E-state index in [0.29, 0.717) is 17.9 Å². The maximum Gasteiger partial charge on any atom is 0.169 e. The second-order valence-electron chi connectivity index (χ2n) is 8.00. The number of rotatable bonds is 4. The van der Waals surface area contributed by atoms with Gasteiger partial charge >= 0.3 is 0 Å². The van der Waals surface area contributed by atoms with Crippen molar-refractivity contribution in [3.05, 3.63) is 107 Å². The van der Waals surface area contributed by atoms with Crippen molar-refractivity contribution in [2.45, 2.75) is 20.4 Å². The molecule has 0 saturated carbocycles. The van der Waals surface area contributed by atoms with Crippen LogP contribution in [0.25, 0.3) is 33.9 Å².